The number of nitrogens with one attached hydrogen (secondary N) is 2. The molecule has 15 heavy (non-hydrogen) atoms. The molecule has 0 bridgehead atoms. The lowest BCUT2D eigenvalue weighted by molar-refractivity contribution is 0.259. The van der Waals surface area contributed by atoms with E-state index in [1.54, 1.807) is 18.2 Å². The summed E-state index contributed by atoms with van der Waals surface area (Å²) in [7, 11) is -3.32. The van der Waals surface area contributed by atoms with Gasteiger partial charge in [0, 0.05) is 5.69 Å². The summed E-state index contributed by atoms with van der Waals surface area (Å²) in [6.07, 6.45) is 1.04. The minimum absolute atomic E-state index is 0.365. The molecule has 0 aromatic heterocycles. The molecule has 0 saturated heterocycles. The van der Waals surface area contributed by atoms with E-state index in [0.717, 1.165) is 6.26 Å². The fraction of sp³-hybridized carbons (Fsp3) is 0.125. The summed E-state index contributed by atoms with van der Waals surface area (Å²) in [6.45, 7) is 0. The minimum atomic E-state index is -3.32. The van der Waals surface area contributed by atoms with Gasteiger partial charge in [0.2, 0.25) is 10.0 Å². The highest BCUT2D eigenvalue weighted by Gasteiger charge is 2.02. The van der Waals surface area contributed by atoms with Gasteiger partial charge in [0.15, 0.2) is 0 Å². The van der Waals surface area contributed by atoms with E-state index in [9.17, 15) is 13.2 Å². The van der Waals surface area contributed by atoms with E-state index in [4.69, 9.17) is 5.73 Å². The molecule has 2 amide bonds. The van der Waals surface area contributed by atoms with Crippen LogP contribution in [0.15, 0.2) is 24.3 Å². The Labute approximate surface area is 87.5 Å². The van der Waals surface area contributed by atoms with E-state index < -0.39 is 16.1 Å². The van der Waals surface area contributed by atoms with Gasteiger partial charge >= 0.3 is 6.03 Å². The first-order valence-electron chi connectivity index (χ1n) is 4.01. The first-order valence-corrected chi connectivity index (χ1v) is 5.90. The third-order valence-corrected chi connectivity index (χ3v) is 2.04. The summed E-state index contributed by atoms with van der Waals surface area (Å²) in [5, 5.41) is 2.33. The third-order valence-electron chi connectivity index (χ3n) is 1.43. The highest BCUT2D eigenvalue weighted by atomic mass is 32.2. The molecule has 6 nitrogen and oxygen atoms in total. The van der Waals surface area contributed by atoms with Crippen molar-refractivity contribution in [2.75, 3.05) is 16.3 Å². The Morgan fingerprint density at radius 2 is 1.93 bits per heavy atom. The minimum Gasteiger partial charge on any atom is -0.351 e. The second-order valence-corrected chi connectivity index (χ2v) is 4.69. The Kier molecular flexibility index (Phi) is 3.15. The van der Waals surface area contributed by atoms with Crippen molar-refractivity contribution < 1.29 is 13.2 Å². The number of rotatable bonds is 3. The Hall–Kier alpha value is -1.76. The predicted octanol–water partition coefficient (Wildman–Crippen LogP) is 0.549. The van der Waals surface area contributed by atoms with Crippen LogP contribution in [0.3, 0.4) is 0 Å². The molecular weight excluding hydrogens is 218 g/mol. The third kappa shape index (κ3) is 4.32. The number of hydrogen-bond acceptors (Lipinski definition) is 3. The molecule has 0 unspecified atom stereocenters. The van der Waals surface area contributed by atoms with Gasteiger partial charge in [0.25, 0.3) is 0 Å². The smallest absolute Gasteiger partial charge is 0.316 e. The number of hydrogen-bond donors (Lipinski definition) is 3. The Morgan fingerprint density at radius 1 is 1.33 bits per heavy atom. The van der Waals surface area contributed by atoms with Gasteiger partial charge in [-0.1, -0.05) is 6.07 Å². The maximum Gasteiger partial charge on any atom is 0.316 e. The van der Waals surface area contributed by atoms with Crippen LogP contribution in [-0.2, 0) is 10.0 Å². The SMILES string of the molecule is CS(=O)(=O)Nc1cccc(NC(N)=O)c1. The second-order valence-electron chi connectivity index (χ2n) is 2.94. The number of carbonyl (C=O) groups excluding carboxylic acids is 1. The zero-order chi connectivity index (χ0) is 11.5. The number of primary amides is 1. The summed E-state index contributed by atoms with van der Waals surface area (Å²) in [4.78, 5) is 10.5. The number of sulfonamides is 1. The summed E-state index contributed by atoms with van der Waals surface area (Å²) < 4.78 is 24.1. The molecule has 0 heterocycles. The fourth-order valence-electron chi connectivity index (χ4n) is 1.02. The molecule has 1 rings (SSSR count). The van der Waals surface area contributed by atoms with Crippen LogP contribution in [0, 0.1) is 0 Å². The topological polar surface area (TPSA) is 101 Å². The number of nitrogens with two attached hydrogens (primary N) is 1. The fourth-order valence-corrected chi connectivity index (χ4v) is 1.57. The molecule has 0 spiro atoms. The zero-order valence-corrected chi connectivity index (χ0v) is 8.84. The molecule has 0 aliphatic heterocycles. The van der Waals surface area contributed by atoms with Crippen molar-refractivity contribution in [1.29, 1.82) is 0 Å². The van der Waals surface area contributed by atoms with Gasteiger partial charge in [-0.3, -0.25) is 4.72 Å². The van der Waals surface area contributed by atoms with Crippen LogP contribution in [0.5, 0.6) is 0 Å². The van der Waals surface area contributed by atoms with E-state index >= 15 is 0 Å². The Bertz CT molecular complexity index is 470. The Morgan fingerprint density at radius 3 is 2.47 bits per heavy atom. The zero-order valence-electron chi connectivity index (χ0n) is 8.02. The van der Waals surface area contributed by atoms with Crippen molar-refractivity contribution in [1.82, 2.24) is 0 Å². The average molecular weight is 229 g/mol. The number of urea groups is 1. The van der Waals surface area contributed by atoms with E-state index in [1.165, 1.54) is 6.07 Å². The van der Waals surface area contributed by atoms with E-state index in [2.05, 4.69) is 10.0 Å². The van der Waals surface area contributed by atoms with Gasteiger partial charge in [0.1, 0.15) is 0 Å². The van der Waals surface area contributed by atoms with Crippen molar-refractivity contribution >= 4 is 27.4 Å². The van der Waals surface area contributed by atoms with Crippen LogP contribution in [0.2, 0.25) is 0 Å². The quantitative estimate of drug-likeness (QED) is 0.705. The molecule has 1 aromatic rings. The molecule has 0 aliphatic rings. The molecule has 0 radical (unpaired) electrons. The predicted molar refractivity (Wildman–Crippen MR) is 58.1 cm³/mol. The number of benzene rings is 1. The molecule has 4 N–H and O–H groups in total. The van der Waals surface area contributed by atoms with Gasteiger partial charge in [-0.25, -0.2) is 13.2 Å². The summed E-state index contributed by atoms with van der Waals surface area (Å²) >= 11 is 0. The van der Waals surface area contributed by atoms with Crippen molar-refractivity contribution in [2.45, 2.75) is 0 Å². The van der Waals surface area contributed by atoms with Gasteiger partial charge in [-0.15, -0.1) is 0 Å². The molecule has 7 heteroatoms. The first-order chi connectivity index (χ1) is 6.87. The van der Waals surface area contributed by atoms with Crippen molar-refractivity contribution in [3.63, 3.8) is 0 Å². The monoisotopic (exact) mass is 229 g/mol. The van der Waals surface area contributed by atoms with Crippen molar-refractivity contribution in [3.8, 4) is 0 Å². The molecule has 0 atom stereocenters. The van der Waals surface area contributed by atoms with Crippen LogP contribution >= 0.6 is 0 Å². The van der Waals surface area contributed by atoms with Crippen LogP contribution < -0.4 is 15.8 Å². The lowest BCUT2D eigenvalue weighted by Crippen LogP contribution is -2.19. The van der Waals surface area contributed by atoms with Gasteiger partial charge in [0.05, 0.1) is 11.9 Å². The first kappa shape index (κ1) is 11.3. The number of carbonyl (C=O) groups is 1. The van der Waals surface area contributed by atoms with Crippen LogP contribution in [0.1, 0.15) is 0 Å². The van der Waals surface area contributed by atoms with Crippen LogP contribution in [0.4, 0.5) is 16.2 Å². The summed E-state index contributed by atoms with van der Waals surface area (Å²) in [6, 6.07) is 5.52. The maximum absolute atomic E-state index is 10.9. The Balaban J connectivity index is 2.88. The van der Waals surface area contributed by atoms with Gasteiger partial charge < -0.3 is 11.1 Å². The van der Waals surface area contributed by atoms with Crippen LogP contribution in [-0.4, -0.2) is 20.7 Å². The van der Waals surface area contributed by atoms with Gasteiger partial charge in [-0.2, -0.15) is 0 Å². The van der Waals surface area contributed by atoms with Gasteiger partial charge in [-0.05, 0) is 18.2 Å². The number of amides is 2. The largest absolute Gasteiger partial charge is 0.351 e. The maximum atomic E-state index is 10.9. The van der Waals surface area contributed by atoms with E-state index in [0.29, 0.717) is 11.4 Å². The van der Waals surface area contributed by atoms with Crippen LogP contribution in [0.25, 0.3) is 0 Å². The summed E-state index contributed by atoms with van der Waals surface area (Å²) in [5.74, 6) is 0. The molecular formula is C8H11N3O3S. The molecule has 0 aliphatic carbocycles. The van der Waals surface area contributed by atoms with E-state index in [1.807, 2.05) is 0 Å². The normalized spacial score (nSPS) is 10.7. The summed E-state index contributed by atoms with van der Waals surface area (Å²) in [5.41, 5.74) is 5.70. The van der Waals surface area contributed by atoms with E-state index in [-0.39, 0.29) is 0 Å². The molecule has 0 saturated carbocycles. The number of anilines is 2. The highest BCUT2D eigenvalue weighted by Crippen LogP contribution is 2.15. The lowest BCUT2D eigenvalue weighted by atomic mass is 10.3. The highest BCUT2D eigenvalue weighted by molar-refractivity contribution is 7.92. The molecule has 0 fully saturated rings. The standard InChI is InChI=1S/C8H11N3O3S/c1-15(13,14)11-7-4-2-3-6(5-7)10-8(9)12/h2-5,11H,1H3,(H3,9,10,12). The molecule has 1 aromatic carbocycles. The average Bonchev–Trinajstić information content (AvgIpc) is 1.99. The van der Waals surface area contributed by atoms with Crippen molar-refractivity contribution in [2.24, 2.45) is 5.73 Å². The molecule has 82 valence electrons. The lowest BCUT2D eigenvalue weighted by Gasteiger charge is -2.06. The second kappa shape index (κ2) is 4.18. The van der Waals surface area contributed by atoms with Crippen molar-refractivity contribution in [3.05, 3.63) is 24.3 Å².